The van der Waals surface area contributed by atoms with Gasteiger partial charge >= 0.3 is 5.97 Å². The van der Waals surface area contributed by atoms with Crippen LogP contribution in [0.25, 0.3) is 10.9 Å². The molecule has 0 saturated heterocycles. The van der Waals surface area contributed by atoms with E-state index in [-0.39, 0.29) is 5.97 Å². The van der Waals surface area contributed by atoms with Crippen LogP contribution in [0.3, 0.4) is 0 Å². The number of fused-ring (bicyclic) bond motifs is 1. The number of rotatable bonds is 6. The fraction of sp³-hybridized carbons (Fsp3) is 0.250. The highest BCUT2D eigenvalue weighted by atomic mass is 16.5. The van der Waals surface area contributed by atoms with Crippen LogP contribution in [0.1, 0.15) is 35.5 Å². The number of hydrogen-bond acceptors (Lipinski definition) is 3. The first-order valence-corrected chi connectivity index (χ1v) is 8.21. The van der Waals surface area contributed by atoms with Crippen LogP contribution in [0.15, 0.2) is 48.5 Å². The Bertz CT molecular complexity index is 837. The van der Waals surface area contributed by atoms with E-state index < -0.39 is 0 Å². The number of aromatic nitrogens is 1. The molecule has 3 aromatic rings. The third kappa shape index (κ3) is 3.27. The van der Waals surface area contributed by atoms with Crippen molar-refractivity contribution >= 4 is 16.9 Å². The predicted octanol–water partition coefficient (Wildman–Crippen LogP) is 4.33. The topological polar surface area (TPSA) is 51.3 Å². The number of nitrogens with one attached hydrogen (secondary N) is 1. The highest BCUT2D eigenvalue weighted by Crippen LogP contribution is 2.29. The van der Waals surface area contributed by atoms with Crippen molar-refractivity contribution in [3.05, 3.63) is 65.4 Å². The SMILES string of the molecule is CCOC(=O)c1[nH]c2ccc(OCC)cc2c1Cc1ccccc1. The number of H-pyrrole nitrogens is 1. The Hall–Kier alpha value is -2.75. The van der Waals surface area contributed by atoms with Crippen molar-refractivity contribution in [3.63, 3.8) is 0 Å². The molecule has 0 aliphatic rings. The Morgan fingerprint density at radius 1 is 1.04 bits per heavy atom. The lowest BCUT2D eigenvalue weighted by atomic mass is 10.0. The second-order valence-electron chi connectivity index (χ2n) is 5.50. The molecule has 124 valence electrons. The Balaban J connectivity index is 2.10. The molecule has 0 saturated carbocycles. The number of ether oxygens (including phenoxy) is 2. The van der Waals surface area contributed by atoms with Gasteiger partial charge in [0.15, 0.2) is 0 Å². The molecule has 0 aliphatic heterocycles. The van der Waals surface area contributed by atoms with Crippen molar-refractivity contribution in [1.29, 1.82) is 0 Å². The Morgan fingerprint density at radius 2 is 1.83 bits per heavy atom. The van der Waals surface area contributed by atoms with E-state index in [1.807, 2.05) is 50.2 Å². The molecule has 0 radical (unpaired) electrons. The molecule has 0 spiro atoms. The van der Waals surface area contributed by atoms with Gasteiger partial charge in [-0.15, -0.1) is 0 Å². The molecule has 1 heterocycles. The number of aromatic amines is 1. The Labute approximate surface area is 141 Å². The van der Waals surface area contributed by atoms with Crippen molar-refractivity contribution in [2.24, 2.45) is 0 Å². The van der Waals surface area contributed by atoms with Gasteiger partial charge < -0.3 is 14.5 Å². The van der Waals surface area contributed by atoms with Gasteiger partial charge in [0.2, 0.25) is 0 Å². The standard InChI is InChI=1S/C20H21NO3/c1-3-23-15-10-11-18-16(13-15)17(12-14-8-6-5-7-9-14)19(21-18)20(22)24-4-2/h5-11,13,21H,3-4,12H2,1-2H3. The molecule has 0 fully saturated rings. The summed E-state index contributed by atoms with van der Waals surface area (Å²) in [6.07, 6.45) is 0.657. The number of benzene rings is 2. The summed E-state index contributed by atoms with van der Waals surface area (Å²) in [4.78, 5) is 15.6. The van der Waals surface area contributed by atoms with Crippen LogP contribution in [0.4, 0.5) is 0 Å². The smallest absolute Gasteiger partial charge is 0.355 e. The summed E-state index contributed by atoms with van der Waals surface area (Å²) in [5.41, 5.74) is 3.51. The molecular weight excluding hydrogens is 302 g/mol. The van der Waals surface area contributed by atoms with Crippen LogP contribution < -0.4 is 4.74 Å². The van der Waals surface area contributed by atoms with Crippen molar-refractivity contribution in [2.45, 2.75) is 20.3 Å². The first kappa shape index (κ1) is 16.1. The minimum absolute atomic E-state index is 0.322. The lowest BCUT2D eigenvalue weighted by Crippen LogP contribution is -2.08. The largest absolute Gasteiger partial charge is 0.494 e. The van der Waals surface area contributed by atoms with Gasteiger partial charge in [-0.2, -0.15) is 0 Å². The van der Waals surface area contributed by atoms with Gasteiger partial charge in [0.05, 0.1) is 13.2 Å². The second kappa shape index (κ2) is 7.21. The van der Waals surface area contributed by atoms with Crippen LogP contribution in [0.2, 0.25) is 0 Å². The maximum atomic E-state index is 12.4. The minimum Gasteiger partial charge on any atom is -0.494 e. The zero-order valence-electron chi connectivity index (χ0n) is 14.0. The first-order chi connectivity index (χ1) is 11.7. The summed E-state index contributed by atoms with van der Waals surface area (Å²) in [5, 5.41) is 0.993. The molecule has 0 aliphatic carbocycles. The van der Waals surface area contributed by atoms with Crippen molar-refractivity contribution in [1.82, 2.24) is 4.98 Å². The Kier molecular flexibility index (Phi) is 4.85. The quantitative estimate of drug-likeness (QED) is 0.687. The highest BCUT2D eigenvalue weighted by molar-refractivity contribution is 5.99. The van der Waals surface area contributed by atoms with Gasteiger partial charge in [0.1, 0.15) is 11.4 Å². The summed E-state index contributed by atoms with van der Waals surface area (Å²) in [6.45, 7) is 4.72. The maximum Gasteiger partial charge on any atom is 0.355 e. The summed E-state index contributed by atoms with van der Waals surface area (Å²) < 4.78 is 10.8. The number of esters is 1. The average molecular weight is 323 g/mol. The molecular formula is C20H21NO3. The highest BCUT2D eigenvalue weighted by Gasteiger charge is 2.19. The molecule has 24 heavy (non-hydrogen) atoms. The van der Waals surface area contributed by atoms with E-state index in [1.54, 1.807) is 0 Å². The van der Waals surface area contributed by atoms with E-state index in [4.69, 9.17) is 9.47 Å². The van der Waals surface area contributed by atoms with E-state index >= 15 is 0 Å². The number of carbonyl (C=O) groups is 1. The monoisotopic (exact) mass is 323 g/mol. The minimum atomic E-state index is -0.322. The zero-order valence-corrected chi connectivity index (χ0v) is 14.0. The molecule has 1 aromatic heterocycles. The average Bonchev–Trinajstić information content (AvgIpc) is 2.95. The van der Waals surface area contributed by atoms with E-state index in [2.05, 4.69) is 17.1 Å². The molecule has 0 bridgehead atoms. The fourth-order valence-corrected chi connectivity index (χ4v) is 2.84. The normalized spacial score (nSPS) is 10.8. The number of hydrogen-bond donors (Lipinski definition) is 1. The summed E-state index contributed by atoms with van der Waals surface area (Å²) in [6, 6.07) is 15.9. The van der Waals surface area contributed by atoms with Crippen LogP contribution in [-0.4, -0.2) is 24.2 Å². The lowest BCUT2D eigenvalue weighted by molar-refractivity contribution is 0.0519. The summed E-state index contributed by atoms with van der Waals surface area (Å²) in [7, 11) is 0. The molecule has 1 N–H and O–H groups in total. The molecule has 0 atom stereocenters. The summed E-state index contributed by atoms with van der Waals surface area (Å²) >= 11 is 0. The van der Waals surface area contributed by atoms with Crippen molar-refractivity contribution in [2.75, 3.05) is 13.2 Å². The second-order valence-corrected chi connectivity index (χ2v) is 5.50. The van der Waals surface area contributed by atoms with Gasteiger partial charge in [-0.3, -0.25) is 0 Å². The first-order valence-electron chi connectivity index (χ1n) is 8.21. The van der Waals surface area contributed by atoms with E-state index in [0.29, 0.717) is 25.3 Å². The third-order valence-electron chi connectivity index (χ3n) is 3.89. The van der Waals surface area contributed by atoms with Crippen LogP contribution in [0, 0.1) is 0 Å². The van der Waals surface area contributed by atoms with Gasteiger partial charge in [0, 0.05) is 17.3 Å². The van der Waals surface area contributed by atoms with Crippen molar-refractivity contribution in [3.8, 4) is 5.75 Å². The van der Waals surface area contributed by atoms with E-state index in [0.717, 1.165) is 27.8 Å². The molecule has 4 nitrogen and oxygen atoms in total. The predicted molar refractivity (Wildman–Crippen MR) is 94.7 cm³/mol. The molecule has 2 aromatic carbocycles. The molecule has 0 amide bonds. The summed E-state index contributed by atoms with van der Waals surface area (Å²) in [5.74, 6) is 0.478. The molecule has 3 rings (SSSR count). The van der Waals surface area contributed by atoms with Crippen LogP contribution in [0.5, 0.6) is 5.75 Å². The fourth-order valence-electron chi connectivity index (χ4n) is 2.84. The van der Waals surface area contributed by atoms with Crippen LogP contribution >= 0.6 is 0 Å². The van der Waals surface area contributed by atoms with E-state index in [9.17, 15) is 4.79 Å². The van der Waals surface area contributed by atoms with Gasteiger partial charge in [0.25, 0.3) is 0 Å². The van der Waals surface area contributed by atoms with Gasteiger partial charge in [-0.1, -0.05) is 30.3 Å². The zero-order chi connectivity index (χ0) is 16.9. The van der Waals surface area contributed by atoms with E-state index in [1.165, 1.54) is 0 Å². The van der Waals surface area contributed by atoms with Crippen LogP contribution in [-0.2, 0) is 11.2 Å². The van der Waals surface area contributed by atoms with Gasteiger partial charge in [-0.25, -0.2) is 4.79 Å². The lowest BCUT2D eigenvalue weighted by Gasteiger charge is -2.06. The van der Waals surface area contributed by atoms with Crippen molar-refractivity contribution < 1.29 is 14.3 Å². The maximum absolute atomic E-state index is 12.4. The number of carbonyl (C=O) groups excluding carboxylic acids is 1. The molecule has 4 heteroatoms. The Morgan fingerprint density at radius 3 is 2.54 bits per heavy atom. The third-order valence-corrected chi connectivity index (χ3v) is 3.89. The van der Waals surface area contributed by atoms with Gasteiger partial charge in [-0.05, 0) is 43.2 Å². The molecule has 0 unspecified atom stereocenters.